The third-order valence-electron chi connectivity index (χ3n) is 8.55. The van der Waals surface area contributed by atoms with Gasteiger partial charge in [-0.3, -0.25) is 10.2 Å². The minimum Gasteiger partial charge on any atom is -0.341 e. The first-order valence-electron chi connectivity index (χ1n) is 14.6. The number of nitrogens with two attached hydrogens (primary N) is 1. The summed E-state index contributed by atoms with van der Waals surface area (Å²) in [5.41, 5.74) is 10.2. The lowest BCUT2D eigenvalue weighted by molar-refractivity contribution is -0.135. The van der Waals surface area contributed by atoms with E-state index in [1.54, 1.807) is 5.01 Å². The second kappa shape index (κ2) is 15.4. The van der Waals surface area contributed by atoms with Crippen LogP contribution in [0.3, 0.4) is 0 Å². The van der Waals surface area contributed by atoms with Crippen LogP contribution in [-0.2, 0) is 11.2 Å². The van der Waals surface area contributed by atoms with Crippen molar-refractivity contribution in [2.45, 2.75) is 107 Å². The van der Waals surface area contributed by atoms with Crippen LogP contribution in [0, 0.1) is 0 Å². The first kappa shape index (κ1) is 31.9. The normalized spacial score (nSPS) is 23.7. The second-order valence-corrected chi connectivity index (χ2v) is 12.2. The first-order chi connectivity index (χ1) is 18.3. The smallest absolute Gasteiger partial charge is 0.332 e. The zero-order valence-corrected chi connectivity index (χ0v) is 25.2. The summed E-state index contributed by atoms with van der Waals surface area (Å²) in [6.07, 6.45) is 12.0. The average Bonchev–Trinajstić information content (AvgIpc) is 2.91. The molecule has 3 aliphatic rings. The van der Waals surface area contributed by atoms with E-state index in [0.29, 0.717) is 30.6 Å². The number of benzene rings is 1. The molecule has 1 aromatic carbocycles. The summed E-state index contributed by atoms with van der Waals surface area (Å²) in [6.45, 7) is 1.35. The molecular formula is C29H48Cl2N6O2. The third kappa shape index (κ3) is 9.22. The lowest BCUT2D eigenvalue weighted by Crippen LogP contribution is -2.59. The van der Waals surface area contributed by atoms with Crippen molar-refractivity contribution < 1.29 is 9.59 Å². The topological polar surface area (TPSA) is 93.9 Å². The number of urea groups is 1. The van der Waals surface area contributed by atoms with Crippen molar-refractivity contribution in [1.82, 2.24) is 25.6 Å². The molecule has 1 aliphatic heterocycles. The molecule has 2 aliphatic carbocycles. The van der Waals surface area contributed by atoms with Gasteiger partial charge in [0.25, 0.3) is 0 Å². The van der Waals surface area contributed by atoms with Crippen LogP contribution in [-0.4, -0.2) is 84.1 Å². The molecule has 0 radical (unpaired) electrons. The number of likely N-dealkylation sites (tertiary alicyclic amines) is 1. The van der Waals surface area contributed by atoms with Gasteiger partial charge in [-0.1, -0.05) is 43.0 Å². The molecule has 39 heavy (non-hydrogen) atoms. The molecular weight excluding hydrogens is 535 g/mol. The highest BCUT2D eigenvalue weighted by molar-refractivity contribution is 6.30. The van der Waals surface area contributed by atoms with Gasteiger partial charge in [0.05, 0.1) is 6.04 Å². The molecule has 4 rings (SSSR count). The summed E-state index contributed by atoms with van der Waals surface area (Å²) >= 11 is 6.11. The summed E-state index contributed by atoms with van der Waals surface area (Å²) in [4.78, 5) is 31.2. The number of nitrogens with one attached hydrogen (secondary N) is 2. The fourth-order valence-electron chi connectivity index (χ4n) is 6.47. The molecule has 3 fully saturated rings. The van der Waals surface area contributed by atoms with E-state index in [0.717, 1.165) is 56.9 Å². The molecule has 2 saturated carbocycles. The van der Waals surface area contributed by atoms with E-state index < -0.39 is 0 Å². The SMILES string of the molecule is CN(C)NC(=O)N(C1CCCCC1)C1CCN(C(=O)[C@@H](Cc2ccc(Cl)cc2)N[C@H]2CC[C@@H](N)CC2)CC1.Cl. The molecule has 0 bridgehead atoms. The second-order valence-electron chi connectivity index (χ2n) is 11.7. The maximum Gasteiger partial charge on any atom is 0.332 e. The van der Waals surface area contributed by atoms with Gasteiger partial charge in [-0.15, -0.1) is 12.4 Å². The van der Waals surface area contributed by atoms with Crippen LogP contribution in [0.4, 0.5) is 4.79 Å². The van der Waals surface area contributed by atoms with Crippen LogP contribution in [0.15, 0.2) is 24.3 Å². The van der Waals surface area contributed by atoms with Gasteiger partial charge in [0, 0.05) is 56.4 Å². The Labute approximate surface area is 245 Å². The highest BCUT2D eigenvalue weighted by Gasteiger charge is 2.36. The Hall–Kier alpha value is -1.58. The van der Waals surface area contributed by atoms with Crippen molar-refractivity contribution in [2.24, 2.45) is 5.73 Å². The number of amides is 3. The summed E-state index contributed by atoms with van der Waals surface area (Å²) in [6, 6.07) is 8.54. The Balaban J connectivity index is 0.00000420. The summed E-state index contributed by atoms with van der Waals surface area (Å²) in [5, 5.41) is 6.13. The van der Waals surface area contributed by atoms with Gasteiger partial charge in [0.15, 0.2) is 0 Å². The molecule has 1 atom stereocenters. The van der Waals surface area contributed by atoms with E-state index in [4.69, 9.17) is 17.3 Å². The van der Waals surface area contributed by atoms with Gasteiger partial charge >= 0.3 is 6.03 Å². The number of piperidine rings is 1. The quantitative estimate of drug-likeness (QED) is 0.396. The molecule has 1 aromatic rings. The summed E-state index contributed by atoms with van der Waals surface area (Å²) < 4.78 is 0. The largest absolute Gasteiger partial charge is 0.341 e. The lowest BCUT2D eigenvalue weighted by atomic mass is 9.90. The van der Waals surface area contributed by atoms with Gasteiger partial charge in [0.1, 0.15) is 0 Å². The van der Waals surface area contributed by atoms with Gasteiger partial charge in [-0.25, -0.2) is 9.80 Å². The molecule has 8 nitrogen and oxygen atoms in total. The van der Waals surface area contributed by atoms with Gasteiger partial charge < -0.3 is 20.9 Å². The minimum absolute atomic E-state index is 0. The lowest BCUT2D eigenvalue weighted by Gasteiger charge is -2.44. The van der Waals surface area contributed by atoms with E-state index in [9.17, 15) is 9.59 Å². The monoisotopic (exact) mass is 582 g/mol. The summed E-state index contributed by atoms with van der Waals surface area (Å²) in [5.74, 6) is 0.162. The predicted octanol–water partition coefficient (Wildman–Crippen LogP) is 4.34. The number of nitrogens with zero attached hydrogens (tertiary/aromatic N) is 3. The van der Waals surface area contributed by atoms with Crippen LogP contribution in [0.1, 0.15) is 76.2 Å². The molecule has 10 heteroatoms. The van der Waals surface area contributed by atoms with E-state index in [-0.39, 0.29) is 48.5 Å². The van der Waals surface area contributed by atoms with Crippen molar-refractivity contribution in [3.05, 3.63) is 34.9 Å². The van der Waals surface area contributed by atoms with Crippen molar-refractivity contribution in [1.29, 1.82) is 0 Å². The molecule has 0 aromatic heterocycles. The standard InChI is InChI=1S/C29H47ClN6O2.ClH/c1-34(2)33-29(38)36(25-6-4-3-5-7-25)26-16-18-35(19-17-26)28(37)27(20-21-8-10-22(30)11-9-21)32-24-14-12-23(31)13-15-24;/h8-11,23-27,32H,3-7,12-20,31H2,1-2H3,(H,33,38);1H/t23-,24+,27-;/m1./s1. The molecule has 1 saturated heterocycles. The predicted molar refractivity (Wildman–Crippen MR) is 160 cm³/mol. The van der Waals surface area contributed by atoms with Crippen molar-refractivity contribution >= 4 is 35.9 Å². The van der Waals surface area contributed by atoms with Crippen LogP contribution in [0.25, 0.3) is 0 Å². The first-order valence-corrected chi connectivity index (χ1v) is 15.0. The van der Waals surface area contributed by atoms with Crippen LogP contribution < -0.4 is 16.5 Å². The van der Waals surface area contributed by atoms with Gasteiger partial charge in [0.2, 0.25) is 5.91 Å². The average molecular weight is 584 g/mol. The van der Waals surface area contributed by atoms with E-state index in [1.165, 1.54) is 19.3 Å². The Morgan fingerprint density at radius 1 is 0.949 bits per heavy atom. The molecule has 3 amide bonds. The number of rotatable bonds is 8. The van der Waals surface area contributed by atoms with E-state index in [1.807, 2.05) is 43.3 Å². The maximum atomic E-state index is 13.9. The number of hydrogen-bond donors (Lipinski definition) is 3. The number of hydrogen-bond acceptors (Lipinski definition) is 5. The minimum atomic E-state index is -0.279. The van der Waals surface area contributed by atoms with Crippen LogP contribution in [0.2, 0.25) is 5.02 Å². The fourth-order valence-corrected chi connectivity index (χ4v) is 6.59. The molecule has 4 N–H and O–H groups in total. The maximum absolute atomic E-state index is 13.9. The molecule has 220 valence electrons. The van der Waals surface area contributed by atoms with Crippen molar-refractivity contribution in [3.8, 4) is 0 Å². The Morgan fingerprint density at radius 2 is 1.54 bits per heavy atom. The van der Waals surface area contributed by atoms with Crippen LogP contribution in [0.5, 0.6) is 0 Å². The third-order valence-corrected chi connectivity index (χ3v) is 8.80. The van der Waals surface area contributed by atoms with Gasteiger partial charge in [-0.05, 0) is 75.5 Å². The molecule has 0 unspecified atom stereocenters. The fraction of sp³-hybridized carbons (Fsp3) is 0.724. The Kier molecular flexibility index (Phi) is 12.6. The number of hydrazine groups is 1. The van der Waals surface area contributed by atoms with Gasteiger partial charge in [-0.2, -0.15) is 0 Å². The zero-order chi connectivity index (χ0) is 27.1. The van der Waals surface area contributed by atoms with Crippen molar-refractivity contribution in [2.75, 3.05) is 27.2 Å². The molecule has 1 heterocycles. The number of carbonyl (C=O) groups is 2. The zero-order valence-electron chi connectivity index (χ0n) is 23.6. The van der Waals surface area contributed by atoms with E-state index >= 15 is 0 Å². The van der Waals surface area contributed by atoms with E-state index in [2.05, 4.69) is 15.6 Å². The Morgan fingerprint density at radius 3 is 2.13 bits per heavy atom. The van der Waals surface area contributed by atoms with Crippen LogP contribution >= 0.6 is 24.0 Å². The van der Waals surface area contributed by atoms with Crippen molar-refractivity contribution in [3.63, 3.8) is 0 Å². The highest BCUT2D eigenvalue weighted by Crippen LogP contribution is 2.28. The number of carbonyl (C=O) groups excluding carboxylic acids is 2. The number of halogens is 2. The molecule has 0 spiro atoms. The Bertz CT molecular complexity index is 896. The summed E-state index contributed by atoms with van der Waals surface area (Å²) in [7, 11) is 3.71. The highest BCUT2D eigenvalue weighted by atomic mass is 35.5.